The number of rotatable bonds is 7. The summed E-state index contributed by atoms with van der Waals surface area (Å²) in [5.41, 5.74) is -0.300. The van der Waals surface area contributed by atoms with Crippen LogP contribution in [0.4, 0.5) is 0 Å². The van der Waals surface area contributed by atoms with Crippen LogP contribution in [0.1, 0.15) is 12.7 Å². The zero-order chi connectivity index (χ0) is 19.4. The minimum Gasteiger partial charge on any atom is -0.469 e. The van der Waals surface area contributed by atoms with Crippen molar-refractivity contribution in [2.24, 2.45) is 0 Å². The number of furan rings is 1. The van der Waals surface area contributed by atoms with E-state index in [-0.39, 0.29) is 25.0 Å². The van der Waals surface area contributed by atoms with Gasteiger partial charge in [0.2, 0.25) is 5.91 Å². The number of fused-ring (bicyclic) bond motifs is 1. The van der Waals surface area contributed by atoms with E-state index in [9.17, 15) is 14.4 Å². The summed E-state index contributed by atoms with van der Waals surface area (Å²) in [4.78, 5) is 37.4. The monoisotopic (exact) mass is 367 g/mol. The summed E-state index contributed by atoms with van der Waals surface area (Å²) in [5.74, 6) is 0.416. The van der Waals surface area contributed by atoms with E-state index in [1.165, 1.54) is 9.13 Å². The van der Waals surface area contributed by atoms with E-state index in [1.807, 2.05) is 13.0 Å². The lowest BCUT2D eigenvalue weighted by Crippen LogP contribution is -2.45. The molecular weight excluding hydrogens is 346 g/mol. The Kier molecular flexibility index (Phi) is 5.40. The van der Waals surface area contributed by atoms with Gasteiger partial charge in [0.1, 0.15) is 12.3 Å². The molecular formula is C20H21N3O4. The molecule has 3 aromatic rings. The van der Waals surface area contributed by atoms with Gasteiger partial charge >= 0.3 is 11.1 Å². The van der Waals surface area contributed by atoms with Crippen molar-refractivity contribution in [3.05, 3.63) is 81.8 Å². The van der Waals surface area contributed by atoms with Crippen LogP contribution in [0.15, 0.2) is 69.3 Å². The number of carbonyl (C=O) groups excluding carboxylic acids is 1. The topological polar surface area (TPSA) is 86.2 Å². The Morgan fingerprint density at radius 1 is 1.15 bits per heavy atom. The normalized spacial score (nSPS) is 12.0. The zero-order valence-corrected chi connectivity index (χ0v) is 15.1. The Morgan fingerprint density at radius 2 is 1.81 bits per heavy atom. The molecule has 0 spiro atoms. The van der Waals surface area contributed by atoms with Gasteiger partial charge in [-0.3, -0.25) is 23.5 Å². The number of carbonyl (C=O) groups is 1. The Hall–Kier alpha value is -3.35. The van der Waals surface area contributed by atoms with Crippen molar-refractivity contribution in [1.82, 2.24) is 14.5 Å². The number of amides is 1. The number of hydrogen-bond acceptors (Lipinski definition) is 4. The van der Waals surface area contributed by atoms with Gasteiger partial charge in [0, 0.05) is 19.0 Å². The van der Waals surface area contributed by atoms with E-state index in [4.69, 9.17) is 4.42 Å². The molecule has 2 heterocycles. The van der Waals surface area contributed by atoms with Crippen LogP contribution in [0.25, 0.3) is 11.0 Å². The molecule has 0 saturated heterocycles. The Labute approximate surface area is 155 Å². The molecule has 0 radical (unpaired) electrons. The first-order valence-corrected chi connectivity index (χ1v) is 8.66. The fraction of sp³-hybridized carbons (Fsp3) is 0.250. The van der Waals surface area contributed by atoms with Gasteiger partial charge in [0.05, 0.1) is 17.3 Å². The summed E-state index contributed by atoms with van der Waals surface area (Å²) in [6, 6.07) is 10.4. The van der Waals surface area contributed by atoms with Crippen molar-refractivity contribution >= 4 is 16.9 Å². The standard InChI is InChI=1S/C20H21N3O4/c1-3-10-22-16-8-4-5-9-17(16)23(20(26)19(22)25)13-18(24)21-14(2)12-15-7-6-11-27-15/h3-9,11,14H,1,10,12-13H2,2H3,(H,21,24). The van der Waals surface area contributed by atoms with E-state index < -0.39 is 11.1 Å². The molecule has 7 heteroatoms. The summed E-state index contributed by atoms with van der Waals surface area (Å²) in [6.07, 6.45) is 3.67. The van der Waals surface area contributed by atoms with Crippen LogP contribution in [0.2, 0.25) is 0 Å². The van der Waals surface area contributed by atoms with Crippen molar-refractivity contribution in [3.63, 3.8) is 0 Å². The minimum absolute atomic E-state index is 0.174. The molecule has 140 valence electrons. The van der Waals surface area contributed by atoms with E-state index in [0.717, 1.165) is 5.76 Å². The van der Waals surface area contributed by atoms with Crippen molar-refractivity contribution < 1.29 is 9.21 Å². The Bertz CT molecular complexity index is 1080. The van der Waals surface area contributed by atoms with Crippen molar-refractivity contribution in [1.29, 1.82) is 0 Å². The highest BCUT2D eigenvalue weighted by molar-refractivity contribution is 5.80. The van der Waals surface area contributed by atoms with Crippen LogP contribution in [0.3, 0.4) is 0 Å². The van der Waals surface area contributed by atoms with Gasteiger partial charge in [-0.05, 0) is 31.2 Å². The Balaban J connectivity index is 1.88. The molecule has 0 fully saturated rings. The summed E-state index contributed by atoms with van der Waals surface area (Å²) < 4.78 is 7.85. The second-order valence-corrected chi connectivity index (χ2v) is 6.34. The Morgan fingerprint density at radius 3 is 2.44 bits per heavy atom. The summed E-state index contributed by atoms with van der Waals surface area (Å²) in [7, 11) is 0. The number of para-hydroxylation sites is 2. The molecule has 1 amide bonds. The first-order chi connectivity index (χ1) is 13.0. The molecule has 0 bridgehead atoms. The number of aromatic nitrogens is 2. The van der Waals surface area contributed by atoms with Crippen molar-refractivity contribution in [2.45, 2.75) is 32.5 Å². The van der Waals surface area contributed by atoms with Gasteiger partial charge in [-0.2, -0.15) is 0 Å². The molecule has 1 aromatic carbocycles. The lowest BCUT2D eigenvalue weighted by molar-refractivity contribution is -0.122. The molecule has 1 atom stereocenters. The van der Waals surface area contributed by atoms with E-state index >= 15 is 0 Å². The SMILES string of the molecule is C=CCn1c(=O)c(=O)n(CC(=O)NC(C)Cc2ccco2)c2ccccc21. The molecule has 3 rings (SSSR count). The summed E-state index contributed by atoms with van der Waals surface area (Å²) in [6.45, 7) is 5.47. The molecule has 0 saturated carbocycles. The first kappa shape index (κ1) is 18.4. The highest BCUT2D eigenvalue weighted by atomic mass is 16.3. The van der Waals surface area contributed by atoms with E-state index in [0.29, 0.717) is 17.5 Å². The lowest BCUT2D eigenvalue weighted by atomic mass is 10.2. The van der Waals surface area contributed by atoms with Gasteiger partial charge < -0.3 is 9.73 Å². The maximum atomic E-state index is 12.6. The van der Waals surface area contributed by atoms with Crippen LogP contribution < -0.4 is 16.4 Å². The number of nitrogens with one attached hydrogen (secondary N) is 1. The van der Waals surface area contributed by atoms with Crippen molar-refractivity contribution in [3.8, 4) is 0 Å². The first-order valence-electron chi connectivity index (χ1n) is 8.66. The molecule has 1 N–H and O–H groups in total. The maximum absolute atomic E-state index is 12.6. The minimum atomic E-state index is -0.732. The largest absolute Gasteiger partial charge is 0.469 e. The van der Waals surface area contributed by atoms with Gasteiger partial charge in [-0.15, -0.1) is 6.58 Å². The second-order valence-electron chi connectivity index (χ2n) is 6.34. The second kappa shape index (κ2) is 7.90. The molecule has 0 aliphatic heterocycles. The van der Waals surface area contributed by atoms with Crippen LogP contribution in [-0.4, -0.2) is 21.1 Å². The average molecular weight is 367 g/mol. The maximum Gasteiger partial charge on any atom is 0.317 e. The molecule has 2 aromatic heterocycles. The highest BCUT2D eigenvalue weighted by Crippen LogP contribution is 2.10. The third-order valence-electron chi connectivity index (χ3n) is 4.24. The van der Waals surface area contributed by atoms with Crippen molar-refractivity contribution in [2.75, 3.05) is 0 Å². The predicted molar refractivity (Wildman–Crippen MR) is 103 cm³/mol. The molecule has 0 aliphatic rings. The molecule has 7 nitrogen and oxygen atoms in total. The average Bonchev–Trinajstić information content (AvgIpc) is 3.15. The summed E-state index contributed by atoms with van der Waals surface area (Å²) >= 11 is 0. The third kappa shape index (κ3) is 3.92. The van der Waals surface area contributed by atoms with Gasteiger partial charge in [0.25, 0.3) is 0 Å². The van der Waals surface area contributed by atoms with Gasteiger partial charge in [-0.25, -0.2) is 0 Å². The fourth-order valence-corrected chi connectivity index (χ4v) is 3.08. The third-order valence-corrected chi connectivity index (χ3v) is 4.24. The zero-order valence-electron chi connectivity index (χ0n) is 15.1. The number of benzene rings is 1. The van der Waals surface area contributed by atoms with Crippen LogP contribution >= 0.6 is 0 Å². The number of allylic oxidation sites excluding steroid dienone is 1. The smallest absolute Gasteiger partial charge is 0.317 e. The fourth-order valence-electron chi connectivity index (χ4n) is 3.08. The predicted octanol–water partition coefficient (Wildman–Crippen LogP) is 1.69. The van der Waals surface area contributed by atoms with E-state index in [1.54, 1.807) is 42.7 Å². The number of nitrogens with zero attached hydrogens (tertiary/aromatic N) is 2. The van der Waals surface area contributed by atoms with E-state index in [2.05, 4.69) is 11.9 Å². The highest BCUT2D eigenvalue weighted by Gasteiger charge is 2.16. The quantitative estimate of drug-likeness (QED) is 0.509. The molecule has 0 aliphatic carbocycles. The van der Waals surface area contributed by atoms with Crippen LogP contribution in [0.5, 0.6) is 0 Å². The molecule has 27 heavy (non-hydrogen) atoms. The van der Waals surface area contributed by atoms with Crippen LogP contribution in [-0.2, 0) is 24.3 Å². The lowest BCUT2D eigenvalue weighted by Gasteiger charge is -2.16. The van der Waals surface area contributed by atoms with Gasteiger partial charge in [0.15, 0.2) is 0 Å². The number of hydrogen-bond donors (Lipinski definition) is 1. The van der Waals surface area contributed by atoms with Crippen LogP contribution in [0, 0.1) is 0 Å². The van der Waals surface area contributed by atoms with Gasteiger partial charge in [-0.1, -0.05) is 18.2 Å². The summed E-state index contributed by atoms with van der Waals surface area (Å²) in [5, 5.41) is 2.83. The molecule has 1 unspecified atom stereocenters.